The molecule has 2 aromatic rings. The second-order valence-electron chi connectivity index (χ2n) is 3.63. The van der Waals surface area contributed by atoms with Crippen molar-refractivity contribution in [3.63, 3.8) is 0 Å². The molecule has 15 heavy (non-hydrogen) atoms. The lowest BCUT2D eigenvalue weighted by molar-refractivity contribution is 0.283. The lowest BCUT2D eigenvalue weighted by atomic mass is 9.97. The van der Waals surface area contributed by atoms with E-state index in [-0.39, 0.29) is 12.5 Å². The molecule has 2 rings (SSSR count). The van der Waals surface area contributed by atoms with Crippen LogP contribution in [0.3, 0.4) is 0 Å². The van der Waals surface area contributed by atoms with Crippen LogP contribution in [0.5, 0.6) is 0 Å². The molecule has 0 aliphatic rings. The Labute approximate surface area is 89.7 Å². The van der Waals surface area contributed by atoms with Crippen LogP contribution in [-0.4, -0.2) is 11.7 Å². The van der Waals surface area contributed by atoms with Crippen LogP contribution in [0.25, 0.3) is 10.8 Å². The van der Waals surface area contributed by atoms with Crippen molar-refractivity contribution in [1.82, 2.24) is 0 Å². The van der Waals surface area contributed by atoms with Gasteiger partial charge in [-0.15, -0.1) is 6.58 Å². The smallest absolute Gasteiger partial charge is 0.0534 e. The lowest BCUT2D eigenvalue weighted by Gasteiger charge is -2.10. The zero-order valence-corrected chi connectivity index (χ0v) is 8.56. The molecule has 2 aromatic carbocycles. The molecule has 0 aromatic heterocycles. The number of aliphatic hydroxyl groups is 1. The summed E-state index contributed by atoms with van der Waals surface area (Å²) in [5, 5.41) is 11.6. The van der Waals surface area contributed by atoms with Crippen molar-refractivity contribution >= 4 is 10.8 Å². The van der Waals surface area contributed by atoms with Gasteiger partial charge in [0, 0.05) is 5.92 Å². The highest BCUT2D eigenvalue weighted by molar-refractivity contribution is 5.83. The van der Waals surface area contributed by atoms with Crippen LogP contribution < -0.4 is 0 Å². The van der Waals surface area contributed by atoms with Gasteiger partial charge in [0.2, 0.25) is 0 Å². The maximum absolute atomic E-state index is 9.18. The van der Waals surface area contributed by atoms with E-state index in [1.807, 2.05) is 18.2 Å². The van der Waals surface area contributed by atoms with E-state index in [1.165, 1.54) is 10.8 Å². The average Bonchev–Trinajstić information content (AvgIpc) is 2.30. The minimum Gasteiger partial charge on any atom is -0.395 e. The number of hydrogen-bond donors (Lipinski definition) is 1. The maximum atomic E-state index is 9.18. The second-order valence-corrected chi connectivity index (χ2v) is 3.63. The van der Waals surface area contributed by atoms with Gasteiger partial charge in [-0.1, -0.05) is 48.5 Å². The van der Waals surface area contributed by atoms with Crippen LogP contribution in [-0.2, 0) is 0 Å². The van der Waals surface area contributed by atoms with E-state index in [1.54, 1.807) is 6.08 Å². The van der Waals surface area contributed by atoms with Crippen molar-refractivity contribution in [1.29, 1.82) is 0 Å². The maximum Gasteiger partial charge on any atom is 0.0534 e. The summed E-state index contributed by atoms with van der Waals surface area (Å²) >= 11 is 0. The van der Waals surface area contributed by atoms with Crippen LogP contribution in [0.1, 0.15) is 11.5 Å². The molecule has 1 unspecified atom stereocenters. The normalized spacial score (nSPS) is 12.6. The summed E-state index contributed by atoms with van der Waals surface area (Å²) in [4.78, 5) is 0. The van der Waals surface area contributed by atoms with Gasteiger partial charge in [-0.05, 0) is 16.3 Å². The van der Waals surface area contributed by atoms with E-state index >= 15 is 0 Å². The van der Waals surface area contributed by atoms with Crippen molar-refractivity contribution in [2.24, 2.45) is 0 Å². The Morgan fingerprint density at radius 2 is 1.87 bits per heavy atom. The van der Waals surface area contributed by atoms with Crippen molar-refractivity contribution in [3.8, 4) is 0 Å². The molecular weight excluding hydrogens is 184 g/mol. The van der Waals surface area contributed by atoms with Gasteiger partial charge in [0.05, 0.1) is 6.61 Å². The molecule has 0 fully saturated rings. The molecule has 0 bridgehead atoms. The van der Waals surface area contributed by atoms with Gasteiger partial charge < -0.3 is 5.11 Å². The fourth-order valence-electron chi connectivity index (χ4n) is 1.75. The second kappa shape index (κ2) is 4.28. The van der Waals surface area contributed by atoms with Crippen LogP contribution >= 0.6 is 0 Å². The topological polar surface area (TPSA) is 20.2 Å². The van der Waals surface area contributed by atoms with Crippen molar-refractivity contribution in [3.05, 3.63) is 60.7 Å². The van der Waals surface area contributed by atoms with Gasteiger partial charge in [0.25, 0.3) is 0 Å². The first kappa shape index (κ1) is 9.94. The molecule has 1 heteroatoms. The van der Waals surface area contributed by atoms with Crippen LogP contribution in [0.2, 0.25) is 0 Å². The Morgan fingerprint density at radius 3 is 2.53 bits per heavy atom. The zero-order chi connectivity index (χ0) is 10.7. The van der Waals surface area contributed by atoms with E-state index < -0.39 is 0 Å². The third-order valence-corrected chi connectivity index (χ3v) is 2.68. The number of aliphatic hydroxyl groups excluding tert-OH is 1. The summed E-state index contributed by atoms with van der Waals surface area (Å²) in [7, 11) is 0. The minimum absolute atomic E-state index is 0.0367. The number of fused-ring (bicyclic) bond motifs is 1. The number of benzene rings is 2. The Morgan fingerprint density at radius 1 is 1.13 bits per heavy atom. The Kier molecular flexibility index (Phi) is 2.84. The Hall–Kier alpha value is -1.60. The summed E-state index contributed by atoms with van der Waals surface area (Å²) in [6, 6.07) is 14.4. The summed E-state index contributed by atoms with van der Waals surface area (Å²) in [6.45, 7) is 3.84. The molecule has 1 nitrogen and oxygen atoms in total. The zero-order valence-electron chi connectivity index (χ0n) is 8.56. The molecule has 1 N–H and O–H groups in total. The fourth-order valence-corrected chi connectivity index (χ4v) is 1.75. The predicted molar refractivity (Wildman–Crippen MR) is 64.0 cm³/mol. The minimum atomic E-state index is 0.0367. The van der Waals surface area contributed by atoms with Crippen LogP contribution in [0.15, 0.2) is 55.1 Å². The predicted octanol–water partition coefficient (Wildman–Crippen LogP) is 3.10. The van der Waals surface area contributed by atoms with Gasteiger partial charge in [0.1, 0.15) is 0 Å². The highest BCUT2D eigenvalue weighted by atomic mass is 16.3. The molecule has 0 spiro atoms. The third kappa shape index (κ3) is 1.92. The lowest BCUT2D eigenvalue weighted by Crippen LogP contribution is -1.99. The first-order valence-corrected chi connectivity index (χ1v) is 5.07. The van der Waals surface area contributed by atoms with E-state index in [0.717, 1.165) is 5.56 Å². The average molecular weight is 198 g/mol. The van der Waals surface area contributed by atoms with Gasteiger partial charge in [-0.3, -0.25) is 0 Å². The van der Waals surface area contributed by atoms with E-state index in [0.29, 0.717) is 0 Å². The van der Waals surface area contributed by atoms with Crippen molar-refractivity contribution < 1.29 is 5.11 Å². The molecule has 0 aliphatic carbocycles. The summed E-state index contributed by atoms with van der Waals surface area (Å²) in [5.74, 6) is 0.0367. The Bertz CT molecular complexity index is 473. The van der Waals surface area contributed by atoms with Crippen LogP contribution in [0.4, 0.5) is 0 Å². The molecule has 1 atom stereocenters. The summed E-state index contributed by atoms with van der Waals surface area (Å²) in [6.07, 6.45) is 1.78. The molecule has 0 saturated carbocycles. The quantitative estimate of drug-likeness (QED) is 0.751. The fraction of sp³-hybridized carbons (Fsp3) is 0.143. The molecule has 0 radical (unpaired) electrons. The molecule has 0 aliphatic heterocycles. The summed E-state index contributed by atoms with van der Waals surface area (Å²) < 4.78 is 0. The monoisotopic (exact) mass is 198 g/mol. The number of hydrogen-bond acceptors (Lipinski definition) is 1. The molecule has 0 saturated heterocycles. The molecule has 0 heterocycles. The Balaban J connectivity index is 2.50. The third-order valence-electron chi connectivity index (χ3n) is 2.68. The van der Waals surface area contributed by atoms with E-state index in [4.69, 9.17) is 0 Å². The number of rotatable bonds is 3. The first-order valence-electron chi connectivity index (χ1n) is 5.07. The van der Waals surface area contributed by atoms with E-state index in [9.17, 15) is 5.11 Å². The first-order chi connectivity index (χ1) is 7.35. The largest absolute Gasteiger partial charge is 0.395 e. The van der Waals surface area contributed by atoms with Crippen molar-refractivity contribution in [2.75, 3.05) is 6.61 Å². The highest BCUT2D eigenvalue weighted by Crippen LogP contribution is 2.22. The summed E-state index contributed by atoms with van der Waals surface area (Å²) in [5.41, 5.74) is 1.12. The van der Waals surface area contributed by atoms with Gasteiger partial charge in [0.15, 0.2) is 0 Å². The molecule has 0 amide bonds. The SMILES string of the molecule is C=CC(CO)c1ccc2ccccc2c1. The highest BCUT2D eigenvalue weighted by Gasteiger charge is 2.05. The van der Waals surface area contributed by atoms with E-state index in [2.05, 4.69) is 30.8 Å². The molecule has 76 valence electrons. The van der Waals surface area contributed by atoms with Gasteiger partial charge in [-0.25, -0.2) is 0 Å². The van der Waals surface area contributed by atoms with Gasteiger partial charge >= 0.3 is 0 Å². The standard InChI is InChI=1S/C14H14O/c1-2-11(10-15)14-8-7-12-5-3-4-6-13(12)9-14/h2-9,11,15H,1,10H2. The van der Waals surface area contributed by atoms with Gasteiger partial charge in [-0.2, -0.15) is 0 Å². The van der Waals surface area contributed by atoms with Crippen molar-refractivity contribution in [2.45, 2.75) is 5.92 Å². The van der Waals surface area contributed by atoms with Crippen LogP contribution in [0, 0.1) is 0 Å². The molecular formula is C14H14O.